The fourth-order valence-corrected chi connectivity index (χ4v) is 2.02. The Morgan fingerprint density at radius 1 is 1.11 bits per heavy atom. The summed E-state index contributed by atoms with van der Waals surface area (Å²) in [4.78, 5) is 17.7. The van der Waals surface area contributed by atoms with E-state index in [0.29, 0.717) is 10.2 Å². The van der Waals surface area contributed by atoms with Crippen molar-refractivity contribution in [1.29, 1.82) is 5.53 Å². The highest BCUT2D eigenvalue weighted by Gasteiger charge is 2.72. The predicted molar refractivity (Wildman–Crippen MR) is 77.6 cm³/mol. The maximum Gasteiger partial charge on any atom is 0.459 e. The van der Waals surface area contributed by atoms with Crippen LogP contribution in [0.2, 0.25) is 0 Å². The van der Waals surface area contributed by atoms with Gasteiger partial charge in [-0.05, 0) is 12.1 Å². The first kappa shape index (κ1) is 21.2. The normalized spacial score (nSPS) is 12.5. The molecule has 1 aromatic carbocycles. The van der Waals surface area contributed by atoms with Crippen LogP contribution in [0.5, 0.6) is 0 Å². The molecule has 2 aromatic rings. The minimum Gasteiger partial charge on any atom is -0.259 e. The zero-order valence-corrected chi connectivity index (χ0v) is 13.6. The summed E-state index contributed by atoms with van der Waals surface area (Å²) in [6.07, 6.45) is -7.30. The standard InChI is InChI=1S/C14H10F7N6O/c15-12(16,13(17,18)14(19,20)21)5-6-27-7-23-10(25-27)8-1-3-9(4-2-8)11(28)24-26-22/h1-4,7,22H,5-6H2/q+1. The molecule has 0 atom stereocenters. The molecule has 0 radical (unpaired) electrons. The Morgan fingerprint density at radius 3 is 2.25 bits per heavy atom. The van der Waals surface area contributed by atoms with Gasteiger partial charge < -0.3 is 0 Å². The second-order valence-corrected chi connectivity index (χ2v) is 5.44. The number of hydrogen-bond acceptors (Lipinski definition) is 4. The molecule has 0 bridgehead atoms. The average Bonchev–Trinajstić information content (AvgIpc) is 3.08. The van der Waals surface area contributed by atoms with E-state index in [1.54, 1.807) is 0 Å². The molecule has 0 spiro atoms. The molecule has 1 N–H and O–H groups in total. The number of carbonyl (C=O) groups is 1. The number of nitrogens with zero attached hydrogens (tertiary/aromatic N) is 5. The lowest BCUT2D eigenvalue weighted by Crippen LogP contribution is -2.52. The van der Waals surface area contributed by atoms with Gasteiger partial charge in [-0.15, -0.1) is 0 Å². The first-order chi connectivity index (χ1) is 12.9. The number of hydrogen-bond donors (Lipinski definition) is 1. The number of rotatable bonds is 6. The van der Waals surface area contributed by atoms with Gasteiger partial charge in [-0.25, -0.2) is 4.98 Å². The highest BCUT2D eigenvalue weighted by Crippen LogP contribution is 2.48. The molecule has 1 aromatic heterocycles. The predicted octanol–water partition coefficient (Wildman–Crippen LogP) is 3.86. The van der Waals surface area contributed by atoms with Gasteiger partial charge in [-0.1, -0.05) is 12.1 Å². The summed E-state index contributed by atoms with van der Waals surface area (Å²) in [6, 6.07) is 5.31. The van der Waals surface area contributed by atoms with Gasteiger partial charge in [-0.3, -0.25) is 9.48 Å². The van der Waals surface area contributed by atoms with E-state index in [1.807, 2.05) is 0 Å². The monoisotopic (exact) mass is 411 g/mol. The van der Waals surface area contributed by atoms with Crippen LogP contribution in [-0.4, -0.2) is 38.7 Å². The number of aryl methyl sites for hydroxylation is 1. The summed E-state index contributed by atoms with van der Waals surface area (Å²) >= 11 is 0. The molecule has 150 valence electrons. The van der Waals surface area contributed by atoms with E-state index in [2.05, 4.69) is 20.1 Å². The Kier molecular flexibility index (Phi) is 5.64. The Morgan fingerprint density at radius 2 is 1.71 bits per heavy atom. The number of alkyl halides is 7. The lowest BCUT2D eigenvalue weighted by molar-refractivity contribution is -0.356. The van der Waals surface area contributed by atoms with Crippen LogP contribution in [0.15, 0.2) is 35.7 Å². The Labute approximate surface area is 151 Å². The summed E-state index contributed by atoms with van der Waals surface area (Å²) in [6.45, 7) is -0.938. The van der Waals surface area contributed by atoms with Crippen molar-refractivity contribution in [3.05, 3.63) is 36.2 Å². The van der Waals surface area contributed by atoms with E-state index in [4.69, 9.17) is 5.53 Å². The van der Waals surface area contributed by atoms with Crippen LogP contribution in [0.25, 0.3) is 11.4 Å². The van der Waals surface area contributed by atoms with E-state index in [1.165, 1.54) is 24.3 Å². The number of benzene rings is 1. The highest BCUT2D eigenvalue weighted by atomic mass is 19.4. The van der Waals surface area contributed by atoms with Crippen molar-refractivity contribution in [2.24, 2.45) is 5.11 Å². The molecule has 0 fully saturated rings. The van der Waals surface area contributed by atoms with Crippen molar-refractivity contribution in [1.82, 2.24) is 19.7 Å². The van der Waals surface area contributed by atoms with Crippen molar-refractivity contribution in [3.8, 4) is 11.4 Å². The topological polar surface area (TPSA) is 98.1 Å². The van der Waals surface area contributed by atoms with Gasteiger partial charge >= 0.3 is 23.9 Å². The summed E-state index contributed by atoms with van der Waals surface area (Å²) < 4.78 is 89.4. The molecule has 28 heavy (non-hydrogen) atoms. The highest BCUT2D eigenvalue weighted by molar-refractivity contribution is 5.94. The Balaban J connectivity index is 2.10. The maximum atomic E-state index is 13.3. The third-order valence-electron chi connectivity index (χ3n) is 3.54. The molecule has 7 nitrogen and oxygen atoms in total. The van der Waals surface area contributed by atoms with Gasteiger partial charge in [-0.2, -0.15) is 35.8 Å². The van der Waals surface area contributed by atoms with Crippen molar-refractivity contribution < 1.29 is 35.5 Å². The fraction of sp³-hybridized carbons (Fsp3) is 0.357. The first-order valence-electron chi connectivity index (χ1n) is 7.33. The van der Waals surface area contributed by atoms with E-state index < -0.39 is 36.9 Å². The fourth-order valence-electron chi connectivity index (χ4n) is 2.02. The van der Waals surface area contributed by atoms with Crippen LogP contribution in [0.1, 0.15) is 16.8 Å². The molecule has 0 saturated heterocycles. The van der Waals surface area contributed by atoms with Crippen LogP contribution in [-0.2, 0) is 6.54 Å². The summed E-state index contributed by atoms with van der Waals surface area (Å²) in [5, 5.41) is 6.72. The summed E-state index contributed by atoms with van der Waals surface area (Å²) in [5.74, 6) is -12.3. The van der Waals surface area contributed by atoms with Gasteiger partial charge in [0.2, 0.25) is 10.0 Å². The van der Waals surface area contributed by atoms with Gasteiger partial charge in [0.15, 0.2) is 5.82 Å². The lowest BCUT2D eigenvalue weighted by atomic mass is 10.1. The Bertz CT molecular complexity index is 900. The molecule has 0 unspecified atom stereocenters. The molecule has 2 rings (SSSR count). The van der Waals surface area contributed by atoms with Gasteiger partial charge in [0.1, 0.15) is 11.9 Å². The summed E-state index contributed by atoms with van der Waals surface area (Å²) in [7, 11) is 0. The van der Waals surface area contributed by atoms with Gasteiger partial charge in [0.25, 0.3) is 0 Å². The third-order valence-corrected chi connectivity index (χ3v) is 3.54. The molecule has 0 aliphatic carbocycles. The number of carbonyl (C=O) groups excluding carboxylic acids is 1. The van der Waals surface area contributed by atoms with Crippen molar-refractivity contribution >= 4 is 5.91 Å². The molecule has 1 heterocycles. The largest absolute Gasteiger partial charge is 0.459 e. The number of nitrogens with one attached hydrogen (secondary N) is 1. The van der Waals surface area contributed by atoms with E-state index in [9.17, 15) is 35.5 Å². The first-order valence-corrected chi connectivity index (χ1v) is 7.33. The lowest BCUT2D eigenvalue weighted by Gasteiger charge is -2.27. The minimum atomic E-state index is -6.39. The van der Waals surface area contributed by atoms with Crippen molar-refractivity contribution in [2.45, 2.75) is 31.0 Å². The molecule has 14 heteroatoms. The maximum absolute atomic E-state index is 13.3. The van der Waals surface area contributed by atoms with Crippen molar-refractivity contribution in [3.63, 3.8) is 0 Å². The number of halogens is 7. The average molecular weight is 411 g/mol. The molecular weight excluding hydrogens is 401 g/mol. The van der Waals surface area contributed by atoms with Crippen LogP contribution >= 0.6 is 0 Å². The van der Waals surface area contributed by atoms with E-state index in [0.717, 1.165) is 6.33 Å². The van der Waals surface area contributed by atoms with Crippen LogP contribution in [0, 0.1) is 5.53 Å². The van der Waals surface area contributed by atoms with Crippen LogP contribution in [0.4, 0.5) is 30.7 Å². The second kappa shape index (κ2) is 7.46. The van der Waals surface area contributed by atoms with Crippen LogP contribution < -0.4 is 4.91 Å². The molecule has 0 saturated carbocycles. The Hall–Kier alpha value is -3.15. The number of amides is 1. The smallest absolute Gasteiger partial charge is 0.259 e. The number of aromatic nitrogens is 3. The van der Waals surface area contributed by atoms with Gasteiger partial charge in [0, 0.05) is 24.1 Å². The van der Waals surface area contributed by atoms with E-state index in [-0.39, 0.29) is 11.4 Å². The van der Waals surface area contributed by atoms with E-state index >= 15 is 0 Å². The minimum absolute atomic E-state index is 0.0352. The van der Waals surface area contributed by atoms with Crippen LogP contribution in [0.3, 0.4) is 0 Å². The molecule has 1 amide bonds. The zero-order valence-electron chi connectivity index (χ0n) is 13.6. The molecule has 0 aliphatic heterocycles. The molecule has 0 aliphatic rings. The van der Waals surface area contributed by atoms with Crippen molar-refractivity contribution in [2.75, 3.05) is 0 Å². The second-order valence-electron chi connectivity index (χ2n) is 5.44. The zero-order chi connectivity index (χ0) is 21.2. The SMILES string of the molecule is N=[N+]=NC(=O)c1ccc(-c2ncn(CCC(F)(F)C(F)(F)C(F)(F)F)n2)cc1. The third kappa shape index (κ3) is 4.22. The summed E-state index contributed by atoms with van der Waals surface area (Å²) in [5.41, 5.74) is 6.87. The molecular formula is C14H10F7N6O+. The quantitative estimate of drug-likeness (QED) is 0.444. The van der Waals surface area contributed by atoms with Gasteiger partial charge in [0.05, 0.1) is 0 Å².